The summed E-state index contributed by atoms with van der Waals surface area (Å²) in [5.74, 6) is 0.704. The molecule has 0 spiro atoms. The molecule has 0 amide bonds. The lowest BCUT2D eigenvalue weighted by Crippen LogP contribution is -2.30. The second kappa shape index (κ2) is 11.7. The van der Waals surface area contributed by atoms with Crippen LogP contribution >= 0.6 is 0 Å². The van der Waals surface area contributed by atoms with Gasteiger partial charge in [-0.15, -0.1) is 0 Å². The number of carbonyl (C=O) groups excluding carboxylic acids is 2. The highest BCUT2D eigenvalue weighted by molar-refractivity contribution is 6.52. The van der Waals surface area contributed by atoms with Crippen molar-refractivity contribution in [1.29, 1.82) is 10.8 Å². The second-order valence-electron chi connectivity index (χ2n) is 10.8. The van der Waals surface area contributed by atoms with Gasteiger partial charge in [0.15, 0.2) is 5.78 Å². The Hall–Kier alpha value is -4.30. The molecular weight excluding hydrogens is 516 g/mol. The molecule has 3 aromatic rings. The van der Waals surface area contributed by atoms with Gasteiger partial charge in [-0.3, -0.25) is 25.4 Å². The number of rotatable bonds is 8. The molecule has 0 unspecified atom stereocenters. The quantitative estimate of drug-likeness (QED) is 0.332. The fraction of sp³-hybridized carbons (Fsp3) is 0.333. The zero-order valence-corrected chi connectivity index (χ0v) is 23.8. The van der Waals surface area contributed by atoms with Gasteiger partial charge in [0.25, 0.3) is 0 Å². The highest BCUT2D eigenvalue weighted by Crippen LogP contribution is 2.38. The highest BCUT2D eigenvalue weighted by Gasteiger charge is 2.31. The molecule has 0 aliphatic heterocycles. The molecule has 0 radical (unpaired) electrons. The Balaban J connectivity index is 1.46. The van der Waals surface area contributed by atoms with E-state index in [9.17, 15) is 9.59 Å². The molecule has 2 aromatic heterocycles. The average molecular weight is 551 g/mol. The molecule has 8 nitrogen and oxygen atoms in total. The van der Waals surface area contributed by atoms with Crippen molar-refractivity contribution in [2.45, 2.75) is 51.6 Å². The molecule has 1 aromatic carbocycles. The summed E-state index contributed by atoms with van der Waals surface area (Å²) in [6.07, 6.45) is 9.64. The Morgan fingerprint density at radius 3 is 2.49 bits per heavy atom. The van der Waals surface area contributed by atoms with Crippen LogP contribution in [-0.4, -0.2) is 53.3 Å². The van der Waals surface area contributed by atoms with Crippen LogP contribution in [0.1, 0.15) is 76.8 Å². The van der Waals surface area contributed by atoms with Crippen molar-refractivity contribution in [1.82, 2.24) is 9.97 Å². The summed E-state index contributed by atoms with van der Waals surface area (Å²) in [6, 6.07) is 9.55. The largest absolute Gasteiger partial charge is 0.495 e. The van der Waals surface area contributed by atoms with Gasteiger partial charge in [-0.25, -0.2) is 4.98 Å². The van der Waals surface area contributed by atoms with E-state index < -0.39 is 5.78 Å². The third-order valence-electron chi connectivity index (χ3n) is 8.31. The van der Waals surface area contributed by atoms with E-state index in [0.717, 1.165) is 31.2 Å². The van der Waals surface area contributed by atoms with Crippen LogP contribution in [-0.2, 0) is 9.53 Å². The van der Waals surface area contributed by atoms with Crippen molar-refractivity contribution in [3.63, 3.8) is 0 Å². The highest BCUT2D eigenvalue weighted by atomic mass is 16.5. The van der Waals surface area contributed by atoms with Gasteiger partial charge in [0.1, 0.15) is 23.3 Å². The number of methoxy groups -OCH3 is 2. The first kappa shape index (κ1) is 28.2. The Kier molecular flexibility index (Phi) is 8.03. The lowest BCUT2D eigenvalue weighted by molar-refractivity contribution is -0.133. The van der Waals surface area contributed by atoms with E-state index in [2.05, 4.69) is 11.1 Å². The molecule has 2 N–H and O–H groups in total. The molecule has 0 bridgehead atoms. The third kappa shape index (κ3) is 5.52. The van der Waals surface area contributed by atoms with E-state index in [1.165, 1.54) is 11.6 Å². The number of ketones is 2. The number of Topliss-reactive ketones (excluding diaryl/α,β-unsaturated/α-hetero) is 2. The van der Waals surface area contributed by atoms with Crippen molar-refractivity contribution in [2.24, 2.45) is 5.92 Å². The van der Waals surface area contributed by atoms with Crippen molar-refractivity contribution >= 4 is 29.1 Å². The van der Waals surface area contributed by atoms with Crippen LogP contribution in [0.4, 0.5) is 0 Å². The first-order valence-electron chi connectivity index (χ1n) is 13.8. The number of benzene rings is 1. The fourth-order valence-electron chi connectivity index (χ4n) is 5.88. The Labute approximate surface area is 239 Å². The number of allylic oxidation sites excluding steroid dienone is 1. The molecule has 1 fully saturated rings. The molecule has 2 aliphatic carbocycles. The van der Waals surface area contributed by atoms with Gasteiger partial charge < -0.3 is 9.47 Å². The first-order valence-corrected chi connectivity index (χ1v) is 13.8. The number of hydrogen-bond donors (Lipinski definition) is 2. The summed E-state index contributed by atoms with van der Waals surface area (Å²) in [5, 5.41) is 17.2. The SMILES string of the molecule is COc1cncc(-c2cc3c(c(C(=N)c4ccc(C5CCC(C(=O)[C@@H](C)OC)CC5)c(C)c4)n2)C(=O)C(=N)C=C3)c1. The smallest absolute Gasteiger partial charge is 0.213 e. The summed E-state index contributed by atoms with van der Waals surface area (Å²) in [5.41, 5.74) is 5.28. The van der Waals surface area contributed by atoms with Crippen molar-refractivity contribution < 1.29 is 19.1 Å². The summed E-state index contributed by atoms with van der Waals surface area (Å²) < 4.78 is 10.6. The minimum absolute atomic E-state index is 0.0450. The van der Waals surface area contributed by atoms with Gasteiger partial charge >= 0.3 is 0 Å². The summed E-state index contributed by atoms with van der Waals surface area (Å²) in [7, 11) is 3.14. The standard InChI is InChI=1S/C33H34N4O4/c1-18-13-23(9-11-26(18)20-5-7-21(8-6-20)32(38)19(2)40-3)30(35)31-29-22(10-12-27(34)33(29)39)15-28(37-31)24-14-25(41-4)17-36-16-24/h9-17,19-21,34-35H,5-8H2,1-4H3/t19-,20?,21?/m1/s1. The molecule has 1 atom stereocenters. The molecule has 5 rings (SSSR count). The van der Waals surface area contributed by atoms with E-state index in [1.807, 2.05) is 32.0 Å². The number of nitrogens with one attached hydrogen (secondary N) is 2. The monoisotopic (exact) mass is 550 g/mol. The van der Waals surface area contributed by atoms with Gasteiger partial charge in [-0.2, -0.15) is 0 Å². The number of pyridine rings is 2. The lowest BCUT2D eigenvalue weighted by Gasteiger charge is -2.30. The van der Waals surface area contributed by atoms with Crippen molar-refractivity contribution in [2.75, 3.05) is 14.2 Å². The summed E-state index contributed by atoms with van der Waals surface area (Å²) in [4.78, 5) is 34.7. The van der Waals surface area contributed by atoms with E-state index in [0.29, 0.717) is 34.1 Å². The van der Waals surface area contributed by atoms with E-state index in [4.69, 9.17) is 25.3 Å². The maximum absolute atomic E-state index is 13.1. The predicted octanol–water partition coefficient (Wildman–Crippen LogP) is 5.98. The molecule has 0 saturated heterocycles. The van der Waals surface area contributed by atoms with Crippen LogP contribution in [0, 0.1) is 23.7 Å². The van der Waals surface area contributed by atoms with E-state index in [1.54, 1.807) is 38.8 Å². The van der Waals surface area contributed by atoms with Crippen LogP contribution < -0.4 is 4.74 Å². The van der Waals surface area contributed by atoms with Crippen LogP contribution in [0.25, 0.3) is 17.3 Å². The van der Waals surface area contributed by atoms with Crippen LogP contribution in [0.2, 0.25) is 0 Å². The number of fused-ring (bicyclic) bond motifs is 1. The third-order valence-corrected chi connectivity index (χ3v) is 8.31. The van der Waals surface area contributed by atoms with Gasteiger partial charge in [-0.05, 0) is 86.4 Å². The maximum atomic E-state index is 13.1. The molecular formula is C33H34N4O4. The summed E-state index contributed by atoms with van der Waals surface area (Å²) in [6.45, 7) is 3.86. The van der Waals surface area contributed by atoms with Gasteiger partial charge in [-0.1, -0.05) is 18.2 Å². The molecule has 8 heteroatoms. The fourth-order valence-corrected chi connectivity index (χ4v) is 5.88. The Morgan fingerprint density at radius 2 is 1.80 bits per heavy atom. The van der Waals surface area contributed by atoms with Crippen LogP contribution in [0.15, 0.2) is 48.8 Å². The van der Waals surface area contributed by atoms with Crippen molar-refractivity contribution in [3.8, 4) is 17.0 Å². The topological polar surface area (TPSA) is 126 Å². The van der Waals surface area contributed by atoms with Gasteiger partial charge in [0.05, 0.1) is 30.3 Å². The minimum Gasteiger partial charge on any atom is -0.495 e. The maximum Gasteiger partial charge on any atom is 0.213 e. The number of hydrogen-bond acceptors (Lipinski definition) is 8. The molecule has 1 saturated carbocycles. The normalized spacial score (nSPS) is 19.0. The van der Waals surface area contributed by atoms with Gasteiger partial charge in [0.2, 0.25) is 5.78 Å². The number of carbonyl (C=O) groups is 2. The van der Waals surface area contributed by atoms with Crippen molar-refractivity contribution in [3.05, 3.63) is 82.3 Å². The molecule has 210 valence electrons. The predicted molar refractivity (Wildman–Crippen MR) is 158 cm³/mol. The van der Waals surface area contributed by atoms with Crippen LogP contribution in [0.5, 0.6) is 5.75 Å². The van der Waals surface area contributed by atoms with E-state index >= 15 is 0 Å². The average Bonchev–Trinajstić information content (AvgIpc) is 3.01. The number of ether oxygens (including phenoxy) is 2. The lowest BCUT2D eigenvalue weighted by atomic mass is 9.75. The summed E-state index contributed by atoms with van der Waals surface area (Å²) >= 11 is 0. The molecule has 41 heavy (non-hydrogen) atoms. The zero-order chi connectivity index (χ0) is 29.3. The number of nitrogens with zero attached hydrogens (tertiary/aromatic N) is 2. The number of aryl methyl sites for hydroxylation is 1. The Morgan fingerprint density at radius 1 is 1.05 bits per heavy atom. The number of aromatic nitrogens is 2. The molecule has 2 aliphatic rings. The zero-order valence-electron chi connectivity index (χ0n) is 23.8. The molecule has 2 heterocycles. The van der Waals surface area contributed by atoms with Crippen LogP contribution in [0.3, 0.4) is 0 Å². The minimum atomic E-state index is -0.451. The second-order valence-corrected chi connectivity index (χ2v) is 10.8. The first-order chi connectivity index (χ1) is 19.7. The Bertz CT molecular complexity index is 1580. The van der Waals surface area contributed by atoms with Gasteiger partial charge in [0, 0.05) is 30.4 Å². The van der Waals surface area contributed by atoms with E-state index in [-0.39, 0.29) is 40.5 Å².